The highest BCUT2D eigenvalue weighted by molar-refractivity contribution is 6.04. The molecule has 0 aliphatic heterocycles. The summed E-state index contributed by atoms with van der Waals surface area (Å²) in [6.07, 6.45) is 4.96. The van der Waals surface area contributed by atoms with Crippen LogP contribution in [-0.4, -0.2) is 42.6 Å². The topological polar surface area (TPSA) is 104 Å². The second-order valence-electron chi connectivity index (χ2n) is 6.69. The molecule has 0 aliphatic carbocycles. The molecule has 1 atom stereocenters. The molecule has 3 heterocycles. The van der Waals surface area contributed by atoms with Gasteiger partial charge in [0.05, 0.1) is 29.1 Å². The maximum absolute atomic E-state index is 12.6. The van der Waals surface area contributed by atoms with Gasteiger partial charge in [0, 0.05) is 23.7 Å². The van der Waals surface area contributed by atoms with E-state index >= 15 is 0 Å². The van der Waals surface area contributed by atoms with Crippen LogP contribution in [0, 0.1) is 6.92 Å². The zero-order valence-electron chi connectivity index (χ0n) is 14.7. The maximum atomic E-state index is 12.6. The van der Waals surface area contributed by atoms with Crippen molar-refractivity contribution >= 4 is 17.1 Å². The zero-order chi connectivity index (χ0) is 18.2. The number of fused-ring (bicyclic) bond motifs is 1. The van der Waals surface area contributed by atoms with Crippen molar-refractivity contribution < 1.29 is 9.90 Å². The third-order valence-electron chi connectivity index (χ3n) is 4.23. The summed E-state index contributed by atoms with van der Waals surface area (Å²) >= 11 is 0. The molecule has 0 radical (unpaired) electrons. The molecule has 7 nitrogen and oxygen atoms in total. The van der Waals surface area contributed by atoms with Crippen LogP contribution in [0.3, 0.4) is 0 Å². The lowest BCUT2D eigenvalue weighted by molar-refractivity contribution is 0.0409. The number of aromatic nitrogens is 4. The van der Waals surface area contributed by atoms with Crippen LogP contribution in [-0.2, 0) is 0 Å². The summed E-state index contributed by atoms with van der Waals surface area (Å²) in [5.41, 5.74) is 2.84. The lowest BCUT2D eigenvalue weighted by Gasteiger charge is -2.26. The number of amides is 1. The first-order valence-electron chi connectivity index (χ1n) is 8.06. The SMILES string of the molecule is Cc1cc(-c2cnc3[nH]cc(C(=O)N[C@@H](C)C(C)(C)O)c3n2)ccn1. The maximum Gasteiger partial charge on any atom is 0.255 e. The molecule has 3 N–H and O–H groups in total. The smallest absolute Gasteiger partial charge is 0.255 e. The Morgan fingerprint density at radius 3 is 2.80 bits per heavy atom. The first-order chi connectivity index (χ1) is 11.8. The van der Waals surface area contributed by atoms with Crippen molar-refractivity contribution in [2.24, 2.45) is 0 Å². The van der Waals surface area contributed by atoms with Gasteiger partial charge in [0.25, 0.3) is 5.91 Å². The molecular weight excluding hydrogens is 318 g/mol. The quantitative estimate of drug-likeness (QED) is 0.676. The van der Waals surface area contributed by atoms with Crippen molar-refractivity contribution in [3.8, 4) is 11.3 Å². The van der Waals surface area contributed by atoms with Crippen molar-refractivity contribution in [1.29, 1.82) is 0 Å². The van der Waals surface area contributed by atoms with Gasteiger partial charge in [-0.1, -0.05) is 0 Å². The van der Waals surface area contributed by atoms with Gasteiger partial charge < -0.3 is 15.4 Å². The monoisotopic (exact) mass is 339 g/mol. The predicted molar refractivity (Wildman–Crippen MR) is 95.1 cm³/mol. The number of pyridine rings is 1. The van der Waals surface area contributed by atoms with E-state index in [1.807, 2.05) is 19.1 Å². The molecule has 25 heavy (non-hydrogen) atoms. The fourth-order valence-corrected chi connectivity index (χ4v) is 2.36. The molecule has 0 aliphatic rings. The van der Waals surface area contributed by atoms with Gasteiger partial charge in [0.1, 0.15) is 5.52 Å². The van der Waals surface area contributed by atoms with Crippen molar-refractivity contribution in [3.63, 3.8) is 0 Å². The fraction of sp³-hybridized carbons (Fsp3) is 0.333. The number of carbonyl (C=O) groups excluding carboxylic acids is 1. The lowest BCUT2D eigenvalue weighted by atomic mass is 10.0. The van der Waals surface area contributed by atoms with Crippen LogP contribution in [0.2, 0.25) is 0 Å². The van der Waals surface area contributed by atoms with Crippen molar-refractivity contribution in [1.82, 2.24) is 25.3 Å². The van der Waals surface area contributed by atoms with Crippen LogP contribution in [0.4, 0.5) is 0 Å². The molecule has 3 rings (SSSR count). The molecule has 130 valence electrons. The Balaban J connectivity index is 1.97. The van der Waals surface area contributed by atoms with Crippen LogP contribution in [0.5, 0.6) is 0 Å². The van der Waals surface area contributed by atoms with Crippen molar-refractivity contribution in [2.75, 3.05) is 0 Å². The third kappa shape index (κ3) is 3.51. The highest BCUT2D eigenvalue weighted by atomic mass is 16.3. The first-order valence-corrected chi connectivity index (χ1v) is 8.06. The van der Waals surface area contributed by atoms with Crippen LogP contribution in [0.1, 0.15) is 36.8 Å². The molecule has 0 unspecified atom stereocenters. The van der Waals surface area contributed by atoms with Gasteiger partial charge in [0.15, 0.2) is 5.65 Å². The van der Waals surface area contributed by atoms with Gasteiger partial charge in [-0.25, -0.2) is 9.97 Å². The van der Waals surface area contributed by atoms with Crippen molar-refractivity contribution in [2.45, 2.75) is 39.3 Å². The summed E-state index contributed by atoms with van der Waals surface area (Å²) in [6, 6.07) is 3.36. The van der Waals surface area contributed by atoms with Gasteiger partial charge in [-0.2, -0.15) is 0 Å². The Labute approximate surface area is 145 Å². The van der Waals surface area contributed by atoms with Gasteiger partial charge in [-0.15, -0.1) is 0 Å². The average molecular weight is 339 g/mol. The summed E-state index contributed by atoms with van der Waals surface area (Å²) in [5, 5.41) is 12.8. The highest BCUT2D eigenvalue weighted by Crippen LogP contribution is 2.21. The van der Waals surface area contributed by atoms with Crippen molar-refractivity contribution in [3.05, 3.63) is 42.0 Å². The van der Waals surface area contributed by atoms with E-state index in [1.165, 1.54) is 0 Å². The molecule has 0 spiro atoms. The molecule has 1 amide bonds. The molecule has 3 aromatic rings. The molecule has 3 aromatic heterocycles. The Bertz CT molecular complexity index is 927. The summed E-state index contributed by atoms with van der Waals surface area (Å²) < 4.78 is 0. The van der Waals surface area contributed by atoms with E-state index in [-0.39, 0.29) is 5.91 Å². The molecule has 0 saturated carbocycles. The van der Waals surface area contributed by atoms with Gasteiger partial charge >= 0.3 is 0 Å². The van der Waals surface area contributed by atoms with Gasteiger partial charge in [-0.3, -0.25) is 9.78 Å². The highest BCUT2D eigenvalue weighted by Gasteiger charge is 2.25. The lowest BCUT2D eigenvalue weighted by Crippen LogP contribution is -2.47. The number of hydrogen-bond donors (Lipinski definition) is 3. The number of rotatable bonds is 4. The Hall–Kier alpha value is -2.80. The number of carbonyl (C=O) groups is 1. The minimum Gasteiger partial charge on any atom is -0.388 e. The number of aryl methyl sites for hydroxylation is 1. The average Bonchev–Trinajstić information content (AvgIpc) is 2.97. The molecule has 0 fully saturated rings. The second-order valence-corrected chi connectivity index (χ2v) is 6.69. The van der Waals surface area contributed by atoms with Crippen LogP contribution >= 0.6 is 0 Å². The van der Waals surface area contributed by atoms with E-state index in [4.69, 9.17) is 0 Å². The predicted octanol–water partition coefficient (Wildman–Crippen LogP) is 2.22. The number of aliphatic hydroxyl groups is 1. The third-order valence-corrected chi connectivity index (χ3v) is 4.23. The number of H-pyrrole nitrogens is 1. The molecule has 0 bridgehead atoms. The van der Waals surface area contributed by atoms with Gasteiger partial charge in [-0.05, 0) is 39.8 Å². The zero-order valence-corrected chi connectivity index (χ0v) is 14.7. The summed E-state index contributed by atoms with van der Waals surface area (Å²) in [6.45, 7) is 6.96. The van der Waals surface area contributed by atoms with E-state index in [2.05, 4.69) is 25.3 Å². The van der Waals surface area contributed by atoms with Crippen LogP contribution in [0.15, 0.2) is 30.7 Å². The fourth-order valence-electron chi connectivity index (χ4n) is 2.36. The Morgan fingerprint density at radius 1 is 1.36 bits per heavy atom. The van der Waals surface area contributed by atoms with E-state index < -0.39 is 11.6 Å². The largest absolute Gasteiger partial charge is 0.388 e. The first kappa shape index (κ1) is 17.0. The number of nitrogens with one attached hydrogen (secondary N) is 2. The summed E-state index contributed by atoms with van der Waals surface area (Å²) in [7, 11) is 0. The molecule has 0 aromatic carbocycles. The van der Waals surface area contributed by atoms with Gasteiger partial charge in [0.2, 0.25) is 0 Å². The minimum atomic E-state index is -1.02. The molecule has 0 saturated heterocycles. The number of hydrogen-bond acceptors (Lipinski definition) is 5. The summed E-state index contributed by atoms with van der Waals surface area (Å²) in [5.74, 6) is -0.307. The standard InChI is InChI=1S/C18H21N5O2/c1-10-7-12(5-6-19-10)14-9-21-16-15(23-14)13(8-20-16)17(24)22-11(2)18(3,4)25/h5-9,11,25H,1-4H3,(H,20,21)(H,22,24)/t11-/m0/s1. The summed E-state index contributed by atoms with van der Waals surface area (Å²) in [4.78, 5) is 28.6. The van der Waals surface area contributed by atoms with E-state index in [9.17, 15) is 9.90 Å². The molecule has 7 heteroatoms. The van der Waals surface area contributed by atoms with Crippen LogP contribution in [0.25, 0.3) is 22.4 Å². The Kier molecular flexibility index (Phi) is 4.26. The number of aromatic amines is 1. The van der Waals surface area contributed by atoms with E-state index in [0.717, 1.165) is 11.3 Å². The minimum absolute atomic E-state index is 0.307. The van der Waals surface area contributed by atoms with Crippen LogP contribution < -0.4 is 5.32 Å². The van der Waals surface area contributed by atoms with E-state index in [1.54, 1.807) is 39.4 Å². The molecular formula is C18H21N5O2. The van der Waals surface area contributed by atoms with E-state index in [0.29, 0.717) is 22.4 Å². The number of nitrogens with zero attached hydrogens (tertiary/aromatic N) is 3. The Morgan fingerprint density at radius 2 is 2.12 bits per heavy atom. The second kappa shape index (κ2) is 6.25. The normalized spacial score (nSPS) is 13.0.